The van der Waals surface area contributed by atoms with Gasteiger partial charge in [-0.1, -0.05) is 0 Å². The van der Waals surface area contributed by atoms with Crippen LogP contribution in [0.5, 0.6) is 0 Å². The summed E-state index contributed by atoms with van der Waals surface area (Å²) < 4.78 is 4.71. The first-order chi connectivity index (χ1) is 6.56. The Balaban J connectivity index is 2.81. The van der Waals surface area contributed by atoms with Gasteiger partial charge in [0.2, 0.25) is 5.76 Å². The Hall–Kier alpha value is -1.37. The van der Waals surface area contributed by atoms with Crippen LogP contribution in [0.25, 0.3) is 0 Å². The van der Waals surface area contributed by atoms with Crippen molar-refractivity contribution in [1.82, 2.24) is 0 Å². The Labute approximate surface area is 79.0 Å². The van der Waals surface area contributed by atoms with Gasteiger partial charge in [0.15, 0.2) is 0 Å². The van der Waals surface area contributed by atoms with Crippen LogP contribution in [0.1, 0.15) is 22.4 Å². The van der Waals surface area contributed by atoms with E-state index in [9.17, 15) is 9.90 Å². The van der Waals surface area contributed by atoms with Gasteiger partial charge in [-0.25, -0.2) is 4.79 Å². The van der Waals surface area contributed by atoms with E-state index in [-0.39, 0.29) is 11.5 Å². The number of carboxylic acids is 1. The van der Waals surface area contributed by atoms with Crippen molar-refractivity contribution in [2.45, 2.75) is 12.2 Å². The summed E-state index contributed by atoms with van der Waals surface area (Å²) in [6.45, 7) is -0.635. The minimum atomic E-state index is -1.42. The maximum Gasteiger partial charge on any atom is 0.371 e. The fourth-order valence-electron chi connectivity index (χ4n) is 0.916. The van der Waals surface area contributed by atoms with Gasteiger partial charge in [0.1, 0.15) is 18.0 Å². The maximum atomic E-state index is 10.4. The largest absolute Gasteiger partial charge is 0.475 e. The molecule has 0 spiro atoms. The summed E-state index contributed by atoms with van der Waals surface area (Å²) in [7, 11) is 0. The van der Waals surface area contributed by atoms with Crippen molar-refractivity contribution in [2.75, 3.05) is 6.61 Å². The van der Waals surface area contributed by atoms with Crippen molar-refractivity contribution in [1.29, 1.82) is 0 Å². The molecule has 78 valence electrons. The van der Waals surface area contributed by atoms with Crippen molar-refractivity contribution in [2.24, 2.45) is 0 Å². The third-order valence-corrected chi connectivity index (χ3v) is 1.68. The molecule has 0 bridgehead atoms. The molecular weight excluding hydrogens is 192 g/mol. The van der Waals surface area contributed by atoms with Crippen molar-refractivity contribution >= 4 is 5.97 Å². The minimum Gasteiger partial charge on any atom is -0.475 e. The normalized spacial score (nSPS) is 15.1. The van der Waals surface area contributed by atoms with Gasteiger partial charge in [-0.3, -0.25) is 0 Å². The number of hydrogen-bond donors (Lipinski definition) is 4. The zero-order chi connectivity index (χ0) is 10.7. The average molecular weight is 202 g/mol. The van der Waals surface area contributed by atoms with Gasteiger partial charge in [0, 0.05) is 0 Å². The monoisotopic (exact) mass is 202 g/mol. The number of aliphatic hydroxyl groups is 3. The predicted molar refractivity (Wildman–Crippen MR) is 43.7 cm³/mol. The first-order valence-corrected chi connectivity index (χ1v) is 3.86. The molecule has 1 aromatic heterocycles. The van der Waals surface area contributed by atoms with Gasteiger partial charge in [-0.2, -0.15) is 0 Å². The highest BCUT2D eigenvalue weighted by molar-refractivity contribution is 5.84. The molecule has 0 aromatic carbocycles. The van der Waals surface area contributed by atoms with Crippen molar-refractivity contribution in [3.63, 3.8) is 0 Å². The number of rotatable bonds is 4. The van der Waals surface area contributed by atoms with E-state index in [1.807, 2.05) is 0 Å². The zero-order valence-electron chi connectivity index (χ0n) is 7.12. The fourth-order valence-corrected chi connectivity index (χ4v) is 0.916. The standard InChI is InChI=1S/C8H10O6/c9-3-4(10)7(11)5-1-2-6(14-5)8(12)13/h1-2,4,7,9-11H,3H2,(H,12,13). The molecule has 2 unspecified atom stereocenters. The number of aromatic carboxylic acids is 1. The number of carboxylic acid groups (broad SMARTS) is 1. The summed E-state index contributed by atoms with van der Waals surface area (Å²) in [6, 6.07) is 2.39. The molecule has 0 fully saturated rings. The topological polar surface area (TPSA) is 111 Å². The van der Waals surface area contributed by atoms with Crippen molar-refractivity contribution in [3.05, 3.63) is 23.7 Å². The lowest BCUT2D eigenvalue weighted by Crippen LogP contribution is -2.21. The smallest absolute Gasteiger partial charge is 0.371 e. The molecular formula is C8H10O6. The third-order valence-electron chi connectivity index (χ3n) is 1.68. The Morgan fingerprint density at radius 3 is 2.50 bits per heavy atom. The minimum absolute atomic E-state index is 0.0936. The quantitative estimate of drug-likeness (QED) is 0.517. The molecule has 14 heavy (non-hydrogen) atoms. The average Bonchev–Trinajstić information content (AvgIpc) is 2.64. The van der Waals surface area contributed by atoms with E-state index in [2.05, 4.69) is 0 Å². The van der Waals surface area contributed by atoms with E-state index in [0.717, 1.165) is 6.07 Å². The Morgan fingerprint density at radius 2 is 2.07 bits per heavy atom. The molecule has 0 aliphatic heterocycles. The highest BCUT2D eigenvalue weighted by Crippen LogP contribution is 2.19. The predicted octanol–water partition coefficient (Wildman–Crippen LogP) is -0.636. The molecule has 6 heteroatoms. The van der Waals surface area contributed by atoms with Gasteiger partial charge >= 0.3 is 5.97 Å². The summed E-state index contributed by atoms with van der Waals surface area (Å²) in [5.41, 5.74) is 0. The molecule has 0 amide bonds. The van der Waals surface area contributed by atoms with Crippen LogP contribution in [-0.2, 0) is 0 Å². The summed E-state index contributed by atoms with van der Waals surface area (Å²) in [5.74, 6) is -1.69. The van der Waals surface area contributed by atoms with Crippen LogP contribution in [0.2, 0.25) is 0 Å². The molecule has 6 nitrogen and oxygen atoms in total. The second-order valence-electron chi connectivity index (χ2n) is 2.70. The van der Waals surface area contributed by atoms with Crippen molar-refractivity contribution < 1.29 is 29.6 Å². The first-order valence-electron chi connectivity index (χ1n) is 3.86. The number of aliphatic hydroxyl groups excluding tert-OH is 3. The van der Waals surface area contributed by atoms with Gasteiger partial charge in [-0.15, -0.1) is 0 Å². The first kappa shape index (κ1) is 10.7. The molecule has 0 saturated heterocycles. The lowest BCUT2D eigenvalue weighted by Gasteiger charge is -2.12. The molecule has 0 saturated carbocycles. The van der Waals surface area contributed by atoms with E-state index >= 15 is 0 Å². The number of furan rings is 1. The molecule has 0 radical (unpaired) electrons. The number of hydrogen-bond acceptors (Lipinski definition) is 5. The maximum absolute atomic E-state index is 10.4. The second-order valence-corrected chi connectivity index (χ2v) is 2.70. The summed E-state index contributed by atoms with van der Waals surface area (Å²) >= 11 is 0. The highest BCUT2D eigenvalue weighted by Gasteiger charge is 2.22. The summed E-state index contributed by atoms with van der Waals surface area (Å²) in [6.07, 6.45) is -2.81. The van der Waals surface area contributed by atoms with Crippen LogP contribution in [0.15, 0.2) is 16.5 Å². The SMILES string of the molecule is O=C(O)c1ccc(C(O)C(O)CO)o1. The summed E-state index contributed by atoms with van der Waals surface area (Å²) in [4.78, 5) is 10.4. The molecule has 1 rings (SSSR count). The molecule has 0 aliphatic carbocycles. The second kappa shape index (κ2) is 4.23. The van der Waals surface area contributed by atoms with Gasteiger partial charge in [-0.05, 0) is 12.1 Å². The number of carbonyl (C=O) groups is 1. The van der Waals surface area contributed by atoms with Crippen LogP contribution < -0.4 is 0 Å². The van der Waals surface area contributed by atoms with E-state index in [4.69, 9.17) is 19.7 Å². The fraction of sp³-hybridized carbons (Fsp3) is 0.375. The van der Waals surface area contributed by atoms with E-state index in [0.29, 0.717) is 0 Å². The van der Waals surface area contributed by atoms with Gasteiger partial charge < -0.3 is 24.8 Å². The molecule has 1 aromatic rings. The van der Waals surface area contributed by atoms with Gasteiger partial charge in [0.25, 0.3) is 0 Å². The Morgan fingerprint density at radius 1 is 1.43 bits per heavy atom. The van der Waals surface area contributed by atoms with E-state index in [1.54, 1.807) is 0 Å². The van der Waals surface area contributed by atoms with Crippen molar-refractivity contribution in [3.8, 4) is 0 Å². The highest BCUT2D eigenvalue weighted by atomic mass is 16.4. The molecule has 2 atom stereocenters. The molecule has 4 N–H and O–H groups in total. The Kier molecular flexibility index (Phi) is 3.23. The van der Waals surface area contributed by atoms with Crippen LogP contribution in [0.4, 0.5) is 0 Å². The van der Waals surface area contributed by atoms with E-state index in [1.165, 1.54) is 6.07 Å². The third kappa shape index (κ3) is 2.11. The van der Waals surface area contributed by atoms with Crippen LogP contribution >= 0.6 is 0 Å². The molecule has 1 heterocycles. The lowest BCUT2D eigenvalue weighted by atomic mass is 10.2. The van der Waals surface area contributed by atoms with Crippen LogP contribution in [0, 0.1) is 0 Å². The van der Waals surface area contributed by atoms with E-state index < -0.39 is 24.8 Å². The van der Waals surface area contributed by atoms with Gasteiger partial charge in [0.05, 0.1) is 6.61 Å². The zero-order valence-corrected chi connectivity index (χ0v) is 7.12. The summed E-state index contributed by atoms with van der Waals surface area (Å²) in [5, 5.41) is 35.3. The molecule has 0 aliphatic rings. The Bertz CT molecular complexity index is 317. The lowest BCUT2D eigenvalue weighted by molar-refractivity contribution is -0.0256. The van der Waals surface area contributed by atoms with Crippen LogP contribution in [-0.4, -0.2) is 39.1 Å². The van der Waals surface area contributed by atoms with Crippen LogP contribution in [0.3, 0.4) is 0 Å².